The molecule has 2 aromatic rings. The number of nitrogens with two attached hydrogens (primary N) is 1. The molecule has 16 nitrogen and oxygen atoms in total. The van der Waals surface area contributed by atoms with E-state index in [2.05, 4.69) is 23.8 Å². The Morgan fingerprint density at radius 1 is 1.25 bits per heavy atom. The molecule has 0 radical (unpaired) electrons. The number of aliphatic hydroxyl groups excluding tert-OH is 2. The molecule has 28 heavy (non-hydrogen) atoms. The maximum atomic E-state index is 11.8. The average Bonchev–Trinajstić information content (AvgIpc) is 2.97. The molecule has 2 heterocycles. The van der Waals surface area contributed by atoms with Gasteiger partial charge in [0.2, 0.25) is 5.95 Å². The van der Waals surface area contributed by atoms with Crippen molar-refractivity contribution in [3.05, 3.63) is 16.7 Å². The average molecular weight is 445 g/mol. The van der Waals surface area contributed by atoms with Gasteiger partial charge < -0.3 is 35.4 Å². The number of rotatable bonds is 10. The first-order valence-electron chi connectivity index (χ1n) is 7.29. The number of fused-ring (bicyclic) bond motifs is 1. The number of ether oxygens (including phenoxy) is 1. The Hall–Kier alpha value is -1.71. The van der Waals surface area contributed by atoms with Gasteiger partial charge in [-0.2, -0.15) is 9.29 Å². The summed E-state index contributed by atoms with van der Waals surface area (Å²) in [6, 6.07) is 0. The van der Waals surface area contributed by atoms with Crippen LogP contribution in [-0.4, -0.2) is 70.3 Å². The van der Waals surface area contributed by atoms with Crippen molar-refractivity contribution < 1.29 is 47.6 Å². The van der Waals surface area contributed by atoms with Crippen LogP contribution in [0.15, 0.2) is 11.1 Å². The minimum Gasteiger partial charge on any atom is -0.394 e. The standard InChI is InChI=1S/C10H17N5O11P2/c11-10-13-8-7(9(18)14-10)12-4-15(8)6(2-17)25-5(1-16)3-24-28(22,23)26-27(19,20)21/h4-6,16-17H,1-3H2,(H,22,23)(H2,19,20,21)(H3,11,13,14,18)/t5-,6+/m0/s1. The van der Waals surface area contributed by atoms with Gasteiger partial charge in [0, 0.05) is 0 Å². The zero-order chi connectivity index (χ0) is 21.1. The lowest BCUT2D eigenvalue weighted by molar-refractivity contribution is -0.109. The Morgan fingerprint density at radius 3 is 2.50 bits per heavy atom. The highest BCUT2D eigenvalue weighted by atomic mass is 31.3. The number of aromatic amines is 1. The van der Waals surface area contributed by atoms with Crippen molar-refractivity contribution in [1.29, 1.82) is 0 Å². The van der Waals surface area contributed by atoms with Crippen LogP contribution >= 0.6 is 15.6 Å². The van der Waals surface area contributed by atoms with E-state index >= 15 is 0 Å². The van der Waals surface area contributed by atoms with Crippen LogP contribution in [0.1, 0.15) is 6.23 Å². The second kappa shape index (κ2) is 8.75. The minimum absolute atomic E-state index is 0.0458. The fourth-order valence-corrected chi connectivity index (χ4v) is 3.66. The summed E-state index contributed by atoms with van der Waals surface area (Å²) < 4.78 is 36.5. The van der Waals surface area contributed by atoms with Crippen molar-refractivity contribution in [3.63, 3.8) is 0 Å². The van der Waals surface area contributed by atoms with Crippen molar-refractivity contribution >= 4 is 32.8 Å². The third kappa shape index (κ3) is 5.89. The number of imidazole rings is 1. The number of phosphoric ester groups is 1. The number of aliphatic hydroxyl groups is 2. The van der Waals surface area contributed by atoms with Crippen LogP contribution < -0.4 is 11.3 Å². The first kappa shape index (κ1) is 22.6. The van der Waals surface area contributed by atoms with E-state index in [1.54, 1.807) is 0 Å². The molecule has 8 N–H and O–H groups in total. The second-order valence-electron chi connectivity index (χ2n) is 5.19. The second-order valence-corrected chi connectivity index (χ2v) is 8.02. The van der Waals surface area contributed by atoms with E-state index in [1.165, 1.54) is 0 Å². The molecule has 0 aliphatic rings. The Labute approximate surface area is 155 Å². The molecule has 0 aromatic carbocycles. The summed E-state index contributed by atoms with van der Waals surface area (Å²) in [6.45, 7) is -2.33. The van der Waals surface area contributed by atoms with E-state index in [1.807, 2.05) is 0 Å². The van der Waals surface area contributed by atoms with Gasteiger partial charge in [-0.25, -0.2) is 14.1 Å². The molecule has 2 rings (SSSR count). The highest BCUT2D eigenvalue weighted by Crippen LogP contribution is 2.57. The molecule has 18 heteroatoms. The highest BCUT2D eigenvalue weighted by molar-refractivity contribution is 7.60. The van der Waals surface area contributed by atoms with Gasteiger partial charge in [0.1, 0.15) is 6.10 Å². The molecule has 0 aliphatic carbocycles. The molecule has 2 aromatic heterocycles. The zero-order valence-corrected chi connectivity index (χ0v) is 15.6. The number of H-pyrrole nitrogens is 1. The number of aromatic nitrogens is 4. The third-order valence-electron chi connectivity index (χ3n) is 3.10. The first-order valence-corrected chi connectivity index (χ1v) is 10.3. The summed E-state index contributed by atoms with van der Waals surface area (Å²) >= 11 is 0. The molecular weight excluding hydrogens is 428 g/mol. The molecule has 0 fully saturated rings. The molecule has 158 valence electrons. The molecule has 3 atom stereocenters. The molecule has 0 saturated heterocycles. The summed E-state index contributed by atoms with van der Waals surface area (Å²) in [4.78, 5) is 48.0. The Balaban J connectivity index is 2.16. The lowest BCUT2D eigenvalue weighted by Gasteiger charge is -2.24. The predicted molar refractivity (Wildman–Crippen MR) is 89.5 cm³/mol. The zero-order valence-electron chi connectivity index (χ0n) is 13.9. The van der Waals surface area contributed by atoms with Crippen LogP contribution in [0.2, 0.25) is 0 Å². The molecule has 1 unspecified atom stereocenters. The summed E-state index contributed by atoms with van der Waals surface area (Å²) in [5.41, 5.74) is 4.66. The van der Waals surface area contributed by atoms with E-state index in [9.17, 15) is 29.0 Å². The summed E-state index contributed by atoms with van der Waals surface area (Å²) in [5, 5.41) is 18.9. The minimum atomic E-state index is -5.31. The van der Waals surface area contributed by atoms with Gasteiger partial charge in [-0.3, -0.25) is 18.9 Å². The number of hydrogen-bond acceptors (Lipinski definition) is 11. The fourth-order valence-electron chi connectivity index (χ4n) is 2.04. The maximum Gasteiger partial charge on any atom is 0.481 e. The van der Waals surface area contributed by atoms with Crippen LogP contribution in [-0.2, 0) is 22.7 Å². The van der Waals surface area contributed by atoms with Crippen molar-refractivity contribution in [2.75, 3.05) is 25.6 Å². The van der Waals surface area contributed by atoms with Crippen LogP contribution in [0.3, 0.4) is 0 Å². The van der Waals surface area contributed by atoms with Crippen molar-refractivity contribution in [1.82, 2.24) is 19.5 Å². The van der Waals surface area contributed by atoms with Crippen LogP contribution in [0.4, 0.5) is 5.95 Å². The summed E-state index contributed by atoms with van der Waals surface area (Å²) in [5.74, 6) is -0.228. The van der Waals surface area contributed by atoms with Crippen molar-refractivity contribution in [3.8, 4) is 0 Å². The van der Waals surface area contributed by atoms with Gasteiger partial charge in [-0.1, -0.05) is 0 Å². The summed E-state index contributed by atoms with van der Waals surface area (Å²) in [6.07, 6.45) is -1.52. The Morgan fingerprint density at radius 2 is 1.93 bits per heavy atom. The normalized spacial score (nSPS) is 16.8. The molecule has 0 saturated carbocycles. The molecule has 0 bridgehead atoms. The number of nitrogens with zero attached hydrogens (tertiary/aromatic N) is 3. The monoisotopic (exact) mass is 445 g/mol. The molecule has 0 aliphatic heterocycles. The lowest BCUT2D eigenvalue weighted by atomic mass is 10.4. The number of hydrogen-bond donors (Lipinski definition) is 7. The fraction of sp³-hybridized carbons (Fsp3) is 0.500. The Bertz CT molecular complexity index is 970. The highest BCUT2D eigenvalue weighted by Gasteiger charge is 2.33. The van der Waals surface area contributed by atoms with Crippen LogP contribution in [0, 0.1) is 0 Å². The van der Waals surface area contributed by atoms with Gasteiger partial charge in [0.05, 0.1) is 26.1 Å². The maximum absolute atomic E-state index is 11.8. The van der Waals surface area contributed by atoms with Crippen LogP contribution in [0.5, 0.6) is 0 Å². The van der Waals surface area contributed by atoms with Gasteiger partial charge in [0.25, 0.3) is 5.56 Å². The number of anilines is 1. The van der Waals surface area contributed by atoms with Gasteiger partial charge in [-0.15, -0.1) is 0 Å². The first-order chi connectivity index (χ1) is 13.0. The van der Waals surface area contributed by atoms with E-state index in [-0.39, 0.29) is 17.1 Å². The largest absolute Gasteiger partial charge is 0.481 e. The molecule has 0 spiro atoms. The SMILES string of the molecule is Nc1nc2c(ncn2[C@@H](CO)O[C@@H](CO)COP(=O)(O)OP(=O)(O)O)c(=O)[nH]1. The van der Waals surface area contributed by atoms with E-state index in [4.69, 9.17) is 20.3 Å². The van der Waals surface area contributed by atoms with Gasteiger partial charge in [-0.05, 0) is 0 Å². The number of nitrogen functional groups attached to an aromatic ring is 1. The number of phosphoric acid groups is 2. The number of nitrogens with one attached hydrogen (secondary N) is 1. The smallest absolute Gasteiger partial charge is 0.394 e. The molecule has 0 amide bonds. The van der Waals surface area contributed by atoms with Crippen molar-refractivity contribution in [2.24, 2.45) is 0 Å². The summed E-state index contributed by atoms with van der Waals surface area (Å²) in [7, 11) is -10.5. The van der Waals surface area contributed by atoms with Crippen LogP contribution in [0.25, 0.3) is 11.2 Å². The predicted octanol–water partition coefficient (Wildman–Crippen LogP) is -2.20. The van der Waals surface area contributed by atoms with E-state index in [0.717, 1.165) is 10.9 Å². The van der Waals surface area contributed by atoms with Crippen molar-refractivity contribution in [2.45, 2.75) is 12.3 Å². The van der Waals surface area contributed by atoms with E-state index < -0.39 is 53.4 Å². The lowest BCUT2D eigenvalue weighted by Crippen LogP contribution is -2.30. The molecular formula is C10H17N5O11P2. The van der Waals surface area contributed by atoms with Gasteiger partial charge in [0.15, 0.2) is 17.4 Å². The Kier molecular flexibility index (Phi) is 7.06. The quantitative estimate of drug-likeness (QED) is 0.192. The van der Waals surface area contributed by atoms with E-state index in [0.29, 0.717) is 0 Å². The van der Waals surface area contributed by atoms with Gasteiger partial charge >= 0.3 is 15.6 Å². The third-order valence-corrected chi connectivity index (χ3v) is 5.26. The topological polar surface area (TPSA) is 253 Å².